The molecule has 0 saturated carbocycles. The molecule has 0 amide bonds. The van der Waals surface area contributed by atoms with Crippen LogP contribution in [0.3, 0.4) is 0 Å². The summed E-state index contributed by atoms with van der Waals surface area (Å²) in [6.07, 6.45) is 3.46. The minimum atomic E-state index is 0.705. The summed E-state index contributed by atoms with van der Waals surface area (Å²) in [6, 6.07) is 11.6. The molecule has 0 radical (unpaired) electrons. The molecule has 3 aromatic heterocycles. The third-order valence-electron chi connectivity index (χ3n) is 3.52. The van der Waals surface area contributed by atoms with Crippen molar-refractivity contribution in [2.24, 2.45) is 0 Å². The second kappa shape index (κ2) is 4.75. The molecule has 1 aliphatic rings. The summed E-state index contributed by atoms with van der Waals surface area (Å²) in [6.45, 7) is 0. The maximum atomic E-state index is 4.65. The van der Waals surface area contributed by atoms with E-state index in [0.717, 1.165) is 32.6 Å². The van der Waals surface area contributed by atoms with Crippen molar-refractivity contribution in [3.8, 4) is 11.4 Å². The van der Waals surface area contributed by atoms with E-state index < -0.39 is 0 Å². The molecule has 1 N–H and O–H groups in total. The summed E-state index contributed by atoms with van der Waals surface area (Å²) >= 11 is 1.45. The van der Waals surface area contributed by atoms with E-state index in [9.17, 15) is 0 Å². The van der Waals surface area contributed by atoms with Gasteiger partial charge in [0.2, 0.25) is 5.16 Å². The minimum Gasteiger partial charge on any atom is -0.271 e. The van der Waals surface area contributed by atoms with Crippen molar-refractivity contribution in [3.05, 3.63) is 48.8 Å². The number of para-hydroxylation sites is 2. The molecule has 4 heterocycles. The number of nitrogens with one attached hydrogen (secondary N) is 1. The molecule has 0 saturated heterocycles. The highest BCUT2D eigenvalue weighted by Crippen LogP contribution is 2.37. The van der Waals surface area contributed by atoms with E-state index in [4.69, 9.17) is 0 Å². The van der Waals surface area contributed by atoms with Crippen LogP contribution in [0.15, 0.2) is 59.0 Å². The smallest absolute Gasteiger partial charge is 0.217 e. The van der Waals surface area contributed by atoms with Crippen molar-refractivity contribution < 1.29 is 0 Å². The van der Waals surface area contributed by atoms with Crippen LogP contribution in [0.25, 0.3) is 22.4 Å². The summed E-state index contributed by atoms with van der Waals surface area (Å²) < 4.78 is 1.83. The lowest BCUT2D eigenvalue weighted by Gasteiger charge is -2.18. The minimum absolute atomic E-state index is 0.705. The number of nitrogens with zero attached hydrogens (tertiary/aromatic N) is 6. The van der Waals surface area contributed by atoms with Crippen molar-refractivity contribution in [2.75, 3.05) is 5.43 Å². The van der Waals surface area contributed by atoms with Gasteiger partial charge in [0.25, 0.3) is 0 Å². The second-order valence-electron chi connectivity index (χ2n) is 4.96. The zero-order valence-electron chi connectivity index (χ0n) is 11.7. The number of benzene rings is 1. The molecule has 8 heteroatoms. The Balaban J connectivity index is 1.64. The van der Waals surface area contributed by atoms with Gasteiger partial charge in [0.05, 0.1) is 11.0 Å². The van der Waals surface area contributed by atoms with Crippen LogP contribution in [0.2, 0.25) is 0 Å². The highest BCUT2D eigenvalue weighted by atomic mass is 32.2. The molecular weight excluding hydrogens is 310 g/mol. The Hall–Kier alpha value is -3.00. The van der Waals surface area contributed by atoms with Crippen molar-refractivity contribution in [3.63, 3.8) is 0 Å². The molecule has 1 aliphatic heterocycles. The molecular formula is C15H9N7S. The first-order valence-corrected chi connectivity index (χ1v) is 7.77. The van der Waals surface area contributed by atoms with E-state index >= 15 is 0 Å². The van der Waals surface area contributed by atoms with Gasteiger partial charge in [-0.25, -0.2) is 14.6 Å². The Kier molecular flexibility index (Phi) is 2.59. The lowest BCUT2D eigenvalue weighted by molar-refractivity contribution is 0.792. The number of hydrogen-bond donors (Lipinski definition) is 1. The van der Waals surface area contributed by atoms with Gasteiger partial charge >= 0.3 is 0 Å². The summed E-state index contributed by atoms with van der Waals surface area (Å²) in [5.41, 5.74) is 5.90. The van der Waals surface area contributed by atoms with Crippen LogP contribution >= 0.6 is 11.8 Å². The van der Waals surface area contributed by atoms with E-state index in [0.29, 0.717) is 5.82 Å². The molecule has 23 heavy (non-hydrogen) atoms. The molecule has 5 rings (SSSR count). The Bertz CT molecular complexity index is 1030. The number of anilines is 1. The Morgan fingerprint density at radius 3 is 2.52 bits per heavy atom. The van der Waals surface area contributed by atoms with Gasteiger partial charge in [0.1, 0.15) is 5.03 Å². The van der Waals surface area contributed by atoms with Gasteiger partial charge < -0.3 is 0 Å². The highest BCUT2D eigenvalue weighted by molar-refractivity contribution is 7.99. The van der Waals surface area contributed by atoms with Crippen LogP contribution in [-0.2, 0) is 0 Å². The third kappa shape index (κ3) is 1.95. The quantitative estimate of drug-likeness (QED) is 0.508. The van der Waals surface area contributed by atoms with E-state index in [2.05, 4.69) is 30.6 Å². The predicted octanol–water partition coefficient (Wildman–Crippen LogP) is 2.62. The fraction of sp³-hybridized carbons (Fsp3) is 0. The monoisotopic (exact) mass is 319 g/mol. The lowest BCUT2D eigenvalue weighted by atomic mass is 10.2. The fourth-order valence-corrected chi connectivity index (χ4v) is 3.25. The van der Waals surface area contributed by atoms with Crippen molar-refractivity contribution in [2.45, 2.75) is 10.2 Å². The van der Waals surface area contributed by atoms with Crippen LogP contribution in [0.1, 0.15) is 0 Å². The maximum absolute atomic E-state index is 4.65. The first-order valence-electron chi connectivity index (χ1n) is 6.96. The molecule has 7 nitrogen and oxygen atoms in total. The number of fused-ring (bicyclic) bond motifs is 3. The summed E-state index contributed by atoms with van der Waals surface area (Å²) in [7, 11) is 0. The zero-order valence-corrected chi connectivity index (χ0v) is 12.5. The molecule has 0 spiro atoms. The SMILES string of the molecule is c1ccc2nc3c(nc2c1)Nn1c(nnc1-c1ccncc1)S3. The number of pyridine rings is 1. The molecule has 0 unspecified atom stereocenters. The van der Waals surface area contributed by atoms with Gasteiger partial charge in [-0.2, -0.15) is 0 Å². The molecule has 0 atom stereocenters. The van der Waals surface area contributed by atoms with E-state index in [1.807, 2.05) is 41.1 Å². The molecule has 110 valence electrons. The Morgan fingerprint density at radius 2 is 1.70 bits per heavy atom. The second-order valence-corrected chi connectivity index (χ2v) is 5.91. The predicted molar refractivity (Wildman–Crippen MR) is 85.9 cm³/mol. The van der Waals surface area contributed by atoms with Crippen molar-refractivity contribution in [1.29, 1.82) is 0 Å². The first-order chi connectivity index (χ1) is 11.4. The van der Waals surface area contributed by atoms with Crippen LogP contribution in [0.5, 0.6) is 0 Å². The molecule has 4 aromatic rings. The topological polar surface area (TPSA) is 81.4 Å². The molecule has 0 fully saturated rings. The third-order valence-corrected chi connectivity index (χ3v) is 4.44. The number of rotatable bonds is 1. The van der Waals surface area contributed by atoms with Crippen LogP contribution in [0.4, 0.5) is 5.82 Å². The van der Waals surface area contributed by atoms with Gasteiger partial charge in [-0.05, 0) is 36.0 Å². The number of hydrogen-bond acceptors (Lipinski definition) is 7. The van der Waals surface area contributed by atoms with E-state index in [1.54, 1.807) is 12.4 Å². The number of aromatic nitrogens is 6. The fourth-order valence-electron chi connectivity index (χ4n) is 2.45. The Morgan fingerprint density at radius 1 is 0.913 bits per heavy atom. The van der Waals surface area contributed by atoms with Crippen LogP contribution in [0, 0.1) is 0 Å². The maximum Gasteiger partial charge on any atom is 0.217 e. The van der Waals surface area contributed by atoms with Gasteiger partial charge in [-0.15, -0.1) is 10.2 Å². The summed E-state index contributed by atoms with van der Waals surface area (Å²) in [5, 5.41) is 10.0. The molecule has 0 aliphatic carbocycles. The largest absolute Gasteiger partial charge is 0.271 e. The average molecular weight is 319 g/mol. The van der Waals surface area contributed by atoms with Gasteiger partial charge in [-0.1, -0.05) is 12.1 Å². The average Bonchev–Trinajstić information content (AvgIpc) is 3.01. The van der Waals surface area contributed by atoms with Gasteiger partial charge in [-0.3, -0.25) is 10.4 Å². The normalized spacial score (nSPS) is 12.5. The lowest BCUT2D eigenvalue weighted by Crippen LogP contribution is -2.18. The standard InChI is InChI=1S/C15H9N7S/c1-2-4-11-10(3-1)17-12-14(18-11)23-15-20-19-13(22(15)21-12)9-5-7-16-8-6-9/h1-8H,(H,17,21). The molecule has 1 aromatic carbocycles. The summed E-state index contributed by atoms with van der Waals surface area (Å²) in [5.74, 6) is 1.42. The van der Waals surface area contributed by atoms with Crippen LogP contribution in [-0.4, -0.2) is 29.8 Å². The van der Waals surface area contributed by atoms with Crippen LogP contribution < -0.4 is 5.43 Å². The summed E-state index contributed by atoms with van der Waals surface area (Å²) in [4.78, 5) is 13.3. The molecule has 0 bridgehead atoms. The first kappa shape index (κ1) is 12.5. The highest BCUT2D eigenvalue weighted by Gasteiger charge is 2.24. The van der Waals surface area contributed by atoms with Crippen molar-refractivity contribution in [1.82, 2.24) is 29.8 Å². The zero-order chi connectivity index (χ0) is 15.2. The van der Waals surface area contributed by atoms with Crippen molar-refractivity contribution >= 4 is 28.6 Å². The van der Waals surface area contributed by atoms with Gasteiger partial charge in [0, 0.05) is 18.0 Å². The Labute approximate surface area is 134 Å². The van der Waals surface area contributed by atoms with Gasteiger partial charge in [0.15, 0.2) is 11.6 Å². The van der Waals surface area contributed by atoms with E-state index in [-0.39, 0.29) is 0 Å². The van der Waals surface area contributed by atoms with E-state index in [1.165, 1.54) is 11.8 Å².